The molecule has 24 heavy (non-hydrogen) atoms. The lowest BCUT2D eigenvalue weighted by Gasteiger charge is -2.05. The van der Waals surface area contributed by atoms with Gasteiger partial charge in [0.1, 0.15) is 18.1 Å². The predicted molar refractivity (Wildman–Crippen MR) is 103 cm³/mol. The Bertz CT molecular complexity index is 557. The smallest absolute Gasteiger partial charge is 0.234 e. The van der Waals surface area contributed by atoms with E-state index in [1.165, 1.54) is 69.3 Å². The number of nitrogens with zero attached hydrogens (tertiary/aromatic N) is 2. The number of para-hydroxylation sites is 1. The maximum atomic E-state index is 2.47. The molecule has 0 spiro atoms. The molecular formula is C22H35N2+. The van der Waals surface area contributed by atoms with E-state index in [2.05, 4.69) is 65.7 Å². The lowest BCUT2D eigenvalue weighted by molar-refractivity contribution is -0.704. The monoisotopic (exact) mass is 327 g/mol. The summed E-state index contributed by atoms with van der Waals surface area (Å²) in [6.45, 7) is 5.71. The first-order chi connectivity index (χ1) is 11.9. The van der Waals surface area contributed by atoms with Crippen LogP contribution in [0.2, 0.25) is 0 Å². The van der Waals surface area contributed by atoms with Crippen LogP contribution in [0.1, 0.15) is 77.5 Å². The summed E-state index contributed by atoms with van der Waals surface area (Å²) >= 11 is 0. The molecule has 0 aliphatic heterocycles. The molecule has 0 radical (unpaired) electrons. The number of imidazole rings is 1. The molecule has 0 saturated heterocycles. The van der Waals surface area contributed by atoms with Crippen LogP contribution in [0.4, 0.5) is 0 Å². The van der Waals surface area contributed by atoms with Gasteiger partial charge in [-0.05, 0) is 31.4 Å². The number of hydrogen-bond acceptors (Lipinski definition) is 0. The number of benzene rings is 1. The van der Waals surface area contributed by atoms with E-state index in [1.807, 2.05) is 0 Å². The molecule has 0 bridgehead atoms. The molecule has 0 atom stereocenters. The van der Waals surface area contributed by atoms with Crippen LogP contribution in [0.5, 0.6) is 0 Å². The second-order valence-corrected chi connectivity index (χ2v) is 6.84. The lowest BCUT2D eigenvalue weighted by Crippen LogP contribution is -2.37. The second-order valence-electron chi connectivity index (χ2n) is 6.84. The van der Waals surface area contributed by atoms with E-state index in [9.17, 15) is 0 Å². The van der Waals surface area contributed by atoms with Gasteiger partial charge in [-0.1, -0.05) is 70.6 Å². The Kier molecular flexibility index (Phi) is 8.65. The third-order valence-electron chi connectivity index (χ3n) is 4.77. The minimum Gasteiger partial charge on any atom is -0.234 e. The van der Waals surface area contributed by atoms with E-state index < -0.39 is 0 Å². The molecule has 132 valence electrons. The number of unbranched alkanes of at least 4 members (excludes halogenated alkanes) is 7. The van der Waals surface area contributed by atoms with Crippen molar-refractivity contribution in [2.75, 3.05) is 0 Å². The zero-order valence-corrected chi connectivity index (χ0v) is 15.7. The normalized spacial score (nSPS) is 11.1. The molecule has 2 nitrogen and oxygen atoms in total. The minimum absolute atomic E-state index is 1.14. The first-order valence-corrected chi connectivity index (χ1v) is 10.0. The fourth-order valence-corrected chi connectivity index (χ4v) is 3.39. The van der Waals surface area contributed by atoms with E-state index in [-0.39, 0.29) is 0 Å². The average molecular weight is 328 g/mol. The summed E-state index contributed by atoms with van der Waals surface area (Å²) in [5.74, 6) is 1.44. The molecule has 0 fully saturated rings. The summed E-state index contributed by atoms with van der Waals surface area (Å²) in [7, 11) is 0. The highest BCUT2D eigenvalue weighted by atomic mass is 15.1. The van der Waals surface area contributed by atoms with Crippen molar-refractivity contribution in [1.29, 1.82) is 0 Å². The molecule has 0 N–H and O–H groups in total. The molecule has 2 rings (SSSR count). The number of hydrogen-bond donors (Lipinski definition) is 0. The topological polar surface area (TPSA) is 8.81 Å². The van der Waals surface area contributed by atoms with Gasteiger partial charge in [-0.2, -0.15) is 4.57 Å². The van der Waals surface area contributed by atoms with Gasteiger partial charge in [0.25, 0.3) is 5.82 Å². The largest absolute Gasteiger partial charge is 0.261 e. The maximum Gasteiger partial charge on any atom is 0.261 e. The summed E-state index contributed by atoms with van der Waals surface area (Å²) in [6, 6.07) is 10.7. The lowest BCUT2D eigenvalue weighted by atomic mass is 10.1. The predicted octanol–water partition coefficient (Wildman–Crippen LogP) is 5.86. The van der Waals surface area contributed by atoms with E-state index >= 15 is 0 Å². The number of aryl methyl sites for hydroxylation is 1. The van der Waals surface area contributed by atoms with Gasteiger partial charge in [0.2, 0.25) is 0 Å². The van der Waals surface area contributed by atoms with Crippen LogP contribution in [-0.2, 0) is 13.0 Å². The van der Waals surface area contributed by atoms with Crippen LogP contribution in [0.3, 0.4) is 0 Å². The Morgan fingerprint density at radius 2 is 1.46 bits per heavy atom. The number of rotatable bonds is 12. The SMILES string of the molecule is CCCCCCCCCC[n+]1ccn(-c2ccccc2)c1CCC. The quantitative estimate of drug-likeness (QED) is 0.341. The molecule has 1 aromatic heterocycles. The van der Waals surface area contributed by atoms with Crippen molar-refractivity contribution < 1.29 is 4.57 Å². The summed E-state index contributed by atoms with van der Waals surface area (Å²) in [5, 5.41) is 0. The highest BCUT2D eigenvalue weighted by molar-refractivity contribution is 5.31. The number of aromatic nitrogens is 2. The van der Waals surface area contributed by atoms with Crippen LogP contribution in [0.25, 0.3) is 5.69 Å². The van der Waals surface area contributed by atoms with E-state index in [4.69, 9.17) is 0 Å². The highest BCUT2D eigenvalue weighted by Crippen LogP contribution is 2.12. The zero-order chi connectivity index (χ0) is 17.0. The van der Waals surface area contributed by atoms with Gasteiger partial charge in [-0.15, -0.1) is 0 Å². The standard InChI is InChI=1S/C22H35N2/c1-3-5-6-7-8-9-10-14-18-23-19-20-24(22(23)15-4-2)21-16-12-11-13-17-21/h11-13,16-17,19-20H,3-10,14-15,18H2,1-2H3/q+1. The van der Waals surface area contributed by atoms with Crippen LogP contribution in [0, 0.1) is 0 Å². The van der Waals surface area contributed by atoms with Gasteiger partial charge >= 0.3 is 0 Å². The van der Waals surface area contributed by atoms with E-state index in [0.29, 0.717) is 0 Å². The molecular weight excluding hydrogens is 292 g/mol. The van der Waals surface area contributed by atoms with Crippen molar-refractivity contribution in [3.8, 4) is 5.69 Å². The highest BCUT2D eigenvalue weighted by Gasteiger charge is 2.17. The minimum atomic E-state index is 1.14. The van der Waals surface area contributed by atoms with E-state index in [0.717, 1.165) is 13.0 Å². The first kappa shape index (κ1) is 18.8. The third-order valence-corrected chi connectivity index (χ3v) is 4.77. The van der Waals surface area contributed by atoms with Gasteiger partial charge in [-0.3, -0.25) is 0 Å². The Balaban J connectivity index is 1.83. The van der Waals surface area contributed by atoms with Gasteiger partial charge in [-0.25, -0.2) is 4.57 Å². The van der Waals surface area contributed by atoms with Crippen molar-refractivity contribution >= 4 is 0 Å². The Labute approximate surface area is 148 Å². The maximum absolute atomic E-state index is 2.47. The Morgan fingerprint density at radius 1 is 0.792 bits per heavy atom. The molecule has 0 unspecified atom stereocenters. The Morgan fingerprint density at radius 3 is 2.12 bits per heavy atom. The molecule has 2 aromatic rings. The Hall–Kier alpha value is -1.57. The average Bonchev–Trinajstić information content (AvgIpc) is 3.01. The molecule has 2 heteroatoms. The van der Waals surface area contributed by atoms with Crippen molar-refractivity contribution in [1.82, 2.24) is 4.57 Å². The summed E-state index contributed by atoms with van der Waals surface area (Å²) in [5.41, 5.74) is 1.27. The molecule has 0 saturated carbocycles. The zero-order valence-electron chi connectivity index (χ0n) is 15.7. The van der Waals surface area contributed by atoms with Gasteiger partial charge in [0.05, 0.1) is 6.54 Å². The van der Waals surface area contributed by atoms with Gasteiger partial charge in [0, 0.05) is 6.42 Å². The fraction of sp³-hybridized carbons (Fsp3) is 0.591. The summed E-state index contributed by atoms with van der Waals surface area (Å²) < 4.78 is 4.82. The van der Waals surface area contributed by atoms with E-state index in [1.54, 1.807) is 0 Å². The summed E-state index contributed by atoms with van der Waals surface area (Å²) in [4.78, 5) is 0. The molecule has 1 heterocycles. The first-order valence-electron chi connectivity index (χ1n) is 10.0. The van der Waals surface area contributed by atoms with Crippen molar-refractivity contribution in [3.05, 3.63) is 48.5 Å². The van der Waals surface area contributed by atoms with Crippen LogP contribution >= 0.6 is 0 Å². The summed E-state index contributed by atoms with van der Waals surface area (Å²) in [6.07, 6.45) is 17.9. The van der Waals surface area contributed by atoms with Gasteiger partial charge in [0.15, 0.2) is 0 Å². The van der Waals surface area contributed by atoms with Crippen LogP contribution in [0.15, 0.2) is 42.7 Å². The molecule has 0 aliphatic carbocycles. The van der Waals surface area contributed by atoms with Crippen molar-refractivity contribution in [2.45, 2.75) is 84.6 Å². The van der Waals surface area contributed by atoms with Crippen LogP contribution in [-0.4, -0.2) is 4.57 Å². The molecule has 0 amide bonds. The van der Waals surface area contributed by atoms with Crippen molar-refractivity contribution in [2.24, 2.45) is 0 Å². The molecule has 1 aromatic carbocycles. The van der Waals surface area contributed by atoms with Crippen LogP contribution < -0.4 is 4.57 Å². The fourth-order valence-electron chi connectivity index (χ4n) is 3.39. The third kappa shape index (κ3) is 5.81. The molecule has 0 aliphatic rings. The van der Waals surface area contributed by atoms with Crippen molar-refractivity contribution in [3.63, 3.8) is 0 Å². The second kappa shape index (κ2) is 11.1. The van der Waals surface area contributed by atoms with Gasteiger partial charge < -0.3 is 0 Å².